The van der Waals surface area contributed by atoms with Gasteiger partial charge in [-0.3, -0.25) is 0 Å². The molecule has 7 heteroatoms. The fourth-order valence-electron chi connectivity index (χ4n) is 1.12. The van der Waals surface area contributed by atoms with Crippen LogP contribution in [-0.4, -0.2) is 29.7 Å². The van der Waals surface area contributed by atoms with Gasteiger partial charge in [0, 0.05) is 5.75 Å². The maximum Gasteiger partial charge on any atom is 0.151 e. The fraction of sp³-hybridized carbons (Fsp3) is 0.625. The summed E-state index contributed by atoms with van der Waals surface area (Å²) in [5.74, 6) is 0.786. The molecule has 1 aromatic rings. The molecule has 0 aromatic carbocycles. The molecule has 5 nitrogen and oxygen atoms in total. The van der Waals surface area contributed by atoms with E-state index in [0.29, 0.717) is 12.4 Å². The molecule has 2 N–H and O–H groups in total. The molecule has 0 unspecified atom stereocenters. The van der Waals surface area contributed by atoms with Gasteiger partial charge >= 0.3 is 0 Å². The van der Waals surface area contributed by atoms with Crippen LogP contribution in [0.2, 0.25) is 0 Å². The second-order valence-corrected chi connectivity index (χ2v) is 6.80. The average Bonchev–Trinajstić information content (AvgIpc) is 2.43. The Morgan fingerprint density at radius 3 is 2.53 bits per heavy atom. The third kappa shape index (κ3) is 3.07. The number of halogens is 1. The molecule has 1 heterocycles. The SMILES string of the molecule is CCS(=O)(=O)CCn1nc(C)c(I)c1N. The topological polar surface area (TPSA) is 78.0 Å². The molecule has 1 rings (SSSR count). The van der Waals surface area contributed by atoms with Crippen LogP contribution in [0.1, 0.15) is 12.6 Å². The lowest BCUT2D eigenvalue weighted by Gasteiger charge is -2.03. The highest BCUT2D eigenvalue weighted by molar-refractivity contribution is 14.1. The summed E-state index contributed by atoms with van der Waals surface area (Å²) in [6, 6.07) is 0. The molecule has 1 aromatic heterocycles. The monoisotopic (exact) mass is 343 g/mol. The lowest BCUT2D eigenvalue weighted by Crippen LogP contribution is -2.16. The van der Waals surface area contributed by atoms with Gasteiger partial charge in [0.2, 0.25) is 0 Å². The minimum absolute atomic E-state index is 0.0882. The number of aromatic nitrogens is 2. The van der Waals surface area contributed by atoms with Gasteiger partial charge in [0.15, 0.2) is 9.84 Å². The van der Waals surface area contributed by atoms with E-state index in [4.69, 9.17) is 5.73 Å². The van der Waals surface area contributed by atoms with Gasteiger partial charge in [-0.25, -0.2) is 13.1 Å². The van der Waals surface area contributed by atoms with E-state index in [-0.39, 0.29) is 11.5 Å². The number of rotatable bonds is 4. The summed E-state index contributed by atoms with van der Waals surface area (Å²) in [7, 11) is -2.96. The number of sulfone groups is 1. The predicted octanol–water partition coefficient (Wildman–Crippen LogP) is 0.813. The first kappa shape index (κ1) is 12.8. The quantitative estimate of drug-likeness (QED) is 0.821. The van der Waals surface area contributed by atoms with E-state index in [1.165, 1.54) is 0 Å². The Labute approximate surface area is 103 Å². The van der Waals surface area contributed by atoms with Crippen molar-refractivity contribution in [2.24, 2.45) is 0 Å². The molecule has 0 aliphatic rings. The smallest absolute Gasteiger partial charge is 0.151 e. The first-order chi connectivity index (χ1) is 6.87. The van der Waals surface area contributed by atoms with Gasteiger partial charge in [-0.15, -0.1) is 0 Å². The Morgan fingerprint density at radius 1 is 1.53 bits per heavy atom. The van der Waals surface area contributed by atoms with Crippen molar-refractivity contribution in [3.8, 4) is 0 Å². The van der Waals surface area contributed by atoms with E-state index >= 15 is 0 Å². The Morgan fingerprint density at radius 2 is 2.13 bits per heavy atom. The van der Waals surface area contributed by atoms with Crippen molar-refractivity contribution in [3.05, 3.63) is 9.26 Å². The van der Waals surface area contributed by atoms with Crippen LogP contribution in [0.4, 0.5) is 5.82 Å². The van der Waals surface area contributed by atoms with Gasteiger partial charge in [0.25, 0.3) is 0 Å². The summed E-state index contributed by atoms with van der Waals surface area (Å²) < 4.78 is 25.0. The van der Waals surface area contributed by atoms with Crippen LogP contribution in [0.3, 0.4) is 0 Å². The van der Waals surface area contributed by atoms with Crippen LogP contribution in [0.5, 0.6) is 0 Å². The van der Waals surface area contributed by atoms with Crippen molar-refractivity contribution in [2.75, 3.05) is 17.2 Å². The lowest BCUT2D eigenvalue weighted by molar-refractivity contribution is 0.582. The maximum absolute atomic E-state index is 11.3. The fourth-order valence-corrected chi connectivity index (χ4v) is 2.24. The molecule has 15 heavy (non-hydrogen) atoms. The van der Waals surface area contributed by atoms with E-state index in [1.54, 1.807) is 11.6 Å². The zero-order valence-corrected chi connectivity index (χ0v) is 11.7. The van der Waals surface area contributed by atoms with Gasteiger partial charge in [-0.05, 0) is 29.5 Å². The standard InChI is InChI=1S/C8H14IN3O2S/c1-3-15(13,14)5-4-12-8(10)7(9)6(2)11-12/h3-5,10H2,1-2H3. The van der Waals surface area contributed by atoms with Crippen LogP contribution in [0, 0.1) is 10.5 Å². The molecular formula is C8H14IN3O2S. The Hall–Kier alpha value is -0.310. The second kappa shape index (κ2) is 4.69. The molecule has 0 atom stereocenters. The molecule has 86 valence electrons. The number of hydrogen-bond donors (Lipinski definition) is 1. The highest BCUT2D eigenvalue weighted by Gasteiger charge is 2.12. The van der Waals surface area contributed by atoms with Crippen molar-refractivity contribution in [2.45, 2.75) is 20.4 Å². The molecule has 0 saturated carbocycles. The third-order valence-electron chi connectivity index (χ3n) is 2.15. The highest BCUT2D eigenvalue weighted by atomic mass is 127. The zero-order valence-electron chi connectivity index (χ0n) is 8.70. The van der Waals surface area contributed by atoms with Gasteiger partial charge in [-0.2, -0.15) is 5.10 Å². The van der Waals surface area contributed by atoms with Gasteiger partial charge < -0.3 is 5.73 Å². The number of nitrogens with two attached hydrogens (primary N) is 1. The summed E-state index contributed by atoms with van der Waals surface area (Å²) in [4.78, 5) is 0. The first-order valence-corrected chi connectivity index (χ1v) is 7.46. The van der Waals surface area contributed by atoms with Crippen molar-refractivity contribution in [3.63, 3.8) is 0 Å². The number of nitrogens with zero attached hydrogens (tertiary/aromatic N) is 2. The molecule has 0 amide bonds. The largest absolute Gasteiger partial charge is 0.383 e. The molecule has 0 fully saturated rings. The van der Waals surface area contributed by atoms with E-state index in [9.17, 15) is 8.42 Å². The molecule has 0 spiro atoms. The van der Waals surface area contributed by atoms with Crippen LogP contribution >= 0.6 is 22.6 Å². The zero-order chi connectivity index (χ0) is 11.6. The molecule has 0 saturated heterocycles. The van der Waals surface area contributed by atoms with Crippen molar-refractivity contribution in [1.29, 1.82) is 0 Å². The minimum atomic E-state index is -2.96. The van der Waals surface area contributed by atoms with Crippen LogP contribution < -0.4 is 5.73 Å². The third-order valence-corrected chi connectivity index (χ3v) is 5.16. The van der Waals surface area contributed by atoms with Gasteiger partial charge in [-0.1, -0.05) is 6.92 Å². The maximum atomic E-state index is 11.3. The van der Waals surface area contributed by atoms with Crippen LogP contribution in [-0.2, 0) is 16.4 Å². The van der Waals surface area contributed by atoms with Crippen LogP contribution in [0.15, 0.2) is 0 Å². The highest BCUT2D eigenvalue weighted by Crippen LogP contribution is 2.18. The molecule has 0 radical (unpaired) electrons. The number of anilines is 1. The number of nitrogen functional groups attached to an aromatic ring is 1. The van der Waals surface area contributed by atoms with Crippen molar-refractivity contribution >= 4 is 38.2 Å². The first-order valence-electron chi connectivity index (χ1n) is 4.56. The molecular weight excluding hydrogens is 329 g/mol. The molecule has 0 bridgehead atoms. The normalized spacial score (nSPS) is 11.9. The van der Waals surface area contributed by atoms with Gasteiger partial charge in [0.05, 0.1) is 21.6 Å². The minimum Gasteiger partial charge on any atom is -0.383 e. The van der Waals surface area contributed by atoms with E-state index in [1.807, 2.05) is 6.92 Å². The average molecular weight is 343 g/mol. The molecule has 0 aliphatic carbocycles. The Bertz CT molecular complexity index is 453. The summed E-state index contributed by atoms with van der Waals surface area (Å²) in [5, 5.41) is 4.17. The predicted molar refractivity (Wildman–Crippen MR) is 68.4 cm³/mol. The van der Waals surface area contributed by atoms with E-state index in [2.05, 4.69) is 27.7 Å². The van der Waals surface area contributed by atoms with Gasteiger partial charge in [0.1, 0.15) is 5.82 Å². The van der Waals surface area contributed by atoms with E-state index in [0.717, 1.165) is 9.26 Å². The molecule has 0 aliphatic heterocycles. The van der Waals surface area contributed by atoms with Crippen molar-refractivity contribution in [1.82, 2.24) is 9.78 Å². The van der Waals surface area contributed by atoms with Crippen molar-refractivity contribution < 1.29 is 8.42 Å². The Kier molecular flexibility index (Phi) is 3.99. The van der Waals surface area contributed by atoms with E-state index < -0.39 is 9.84 Å². The van der Waals surface area contributed by atoms with Crippen LogP contribution in [0.25, 0.3) is 0 Å². The lowest BCUT2D eigenvalue weighted by atomic mass is 10.5. The Balaban J connectivity index is 2.79. The summed E-state index contributed by atoms with van der Waals surface area (Å²) in [6.07, 6.45) is 0. The number of hydrogen-bond acceptors (Lipinski definition) is 4. The number of aryl methyl sites for hydroxylation is 2. The summed E-state index contributed by atoms with van der Waals surface area (Å²) in [6.45, 7) is 3.81. The second-order valence-electron chi connectivity index (χ2n) is 3.24. The summed E-state index contributed by atoms with van der Waals surface area (Å²) in [5.41, 5.74) is 6.61. The summed E-state index contributed by atoms with van der Waals surface area (Å²) >= 11 is 2.10.